The predicted molar refractivity (Wildman–Crippen MR) is 97.4 cm³/mol. The van der Waals surface area contributed by atoms with Gasteiger partial charge in [-0.2, -0.15) is 0 Å². The molecule has 1 heterocycles. The maximum Gasteiger partial charge on any atom is 0.234 e. The number of nitrogens with two attached hydrogens (primary N) is 1. The first-order valence-corrected chi connectivity index (χ1v) is 9.37. The van der Waals surface area contributed by atoms with Gasteiger partial charge in [0.2, 0.25) is 5.91 Å². The molecule has 2 aliphatic rings. The van der Waals surface area contributed by atoms with Crippen molar-refractivity contribution in [3.05, 3.63) is 35.9 Å². The summed E-state index contributed by atoms with van der Waals surface area (Å²) in [5, 5.41) is 0. The predicted octanol–water partition coefficient (Wildman–Crippen LogP) is 2.48. The Kier molecular flexibility index (Phi) is 5.57. The van der Waals surface area contributed by atoms with E-state index < -0.39 is 0 Å². The molecule has 4 heteroatoms. The molecule has 0 aromatic heterocycles. The molecule has 132 valence electrons. The van der Waals surface area contributed by atoms with Gasteiger partial charge in [-0.25, -0.2) is 0 Å². The lowest BCUT2D eigenvalue weighted by molar-refractivity contribution is -0.124. The van der Waals surface area contributed by atoms with Crippen molar-refractivity contribution in [3.8, 4) is 0 Å². The fourth-order valence-corrected chi connectivity index (χ4v) is 4.86. The molecule has 4 atom stereocenters. The first-order chi connectivity index (χ1) is 11.6. The van der Waals surface area contributed by atoms with E-state index in [0.717, 1.165) is 31.8 Å². The second-order valence-corrected chi connectivity index (χ2v) is 7.62. The topological polar surface area (TPSA) is 49.6 Å². The third kappa shape index (κ3) is 3.65. The minimum Gasteiger partial charge on any atom is -0.368 e. The fraction of sp³-hybridized carbons (Fsp3) is 0.650. The zero-order valence-electron chi connectivity index (χ0n) is 15.0. The molecule has 0 bridgehead atoms. The number of hydrogen-bond acceptors (Lipinski definition) is 3. The van der Waals surface area contributed by atoms with Crippen molar-refractivity contribution < 1.29 is 4.79 Å². The summed E-state index contributed by atoms with van der Waals surface area (Å²) < 4.78 is 0. The number of hydrogen-bond donors (Lipinski definition) is 1. The fourth-order valence-electron chi connectivity index (χ4n) is 4.86. The van der Waals surface area contributed by atoms with Crippen LogP contribution in [0.2, 0.25) is 0 Å². The monoisotopic (exact) mass is 329 g/mol. The first-order valence-electron chi connectivity index (χ1n) is 9.37. The highest BCUT2D eigenvalue weighted by molar-refractivity contribution is 5.79. The standard InChI is InChI=1S/C20H31N3O/c1-3-7-19(20(21)24)22(2)18-11-10-16-13-23(14-17(16)18)12-15-8-5-4-6-9-15/h4-6,8-9,16-19H,3,7,10-14H2,1-2H3,(H2,21,24)/t16-,17+,18-,19-/m0/s1. The lowest BCUT2D eigenvalue weighted by Crippen LogP contribution is -2.49. The van der Waals surface area contributed by atoms with Crippen LogP contribution in [0, 0.1) is 11.8 Å². The Bertz CT molecular complexity index is 547. The van der Waals surface area contributed by atoms with Crippen LogP contribution in [0.5, 0.6) is 0 Å². The summed E-state index contributed by atoms with van der Waals surface area (Å²) in [7, 11) is 2.11. The van der Waals surface area contributed by atoms with Crippen molar-refractivity contribution in [2.75, 3.05) is 20.1 Å². The van der Waals surface area contributed by atoms with Gasteiger partial charge in [0.25, 0.3) is 0 Å². The lowest BCUT2D eigenvalue weighted by atomic mass is 9.95. The van der Waals surface area contributed by atoms with Crippen LogP contribution in [-0.2, 0) is 11.3 Å². The maximum absolute atomic E-state index is 11.9. The van der Waals surface area contributed by atoms with Gasteiger partial charge in [0.05, 0.1) is 6.04 Å². The van der Waals surface area contributed by atoms with Crippen LogP contribution in [0.4, 0.5) is 0 Å². The molecule has 1 aliphatic carbocycles. The Balaban J connectivity index is 1.63. The number of carbonyl (C=O) groups excluding carboxylic acids is 1. The number of likely N-dealkylation sites (N-methyl/N-ethyl adjacent to an activating group) is 1. The van der Waals surface area contributed by atoms with Gasteiger partial charge in [-0.3, -0.25) is 14.6 Å². The Morgan fingerprint density at radius 3 is 2.71 bits per heavy atom. The summed E-state index contributed by atoms with van der Waals surface area (Å²) >= 11 is 0. The van der Waals surface area contributed by atoms with Crippen LogP contribution in [0.15, 0.2) is 30.3 Å². The SMILES string of the molecule is CCC[C@@H](C(N)=O)N(C)[C@H]1CC[C@H]2CN(Cc3ccccc3)C[C@H]21. The highest BCUT2D eigenvalue weighted by atomic mass is 16.1. The van der Waals surface area contributed by atoms with Crippen LogP contribution >= 0.6 is 0 Å². The summed E-state index contributed by atoms with van der Waals surface area (Å²) in [6, 6.07) is 11.1. The van der Waals surface area contributed by atoms with Gasteiger partial charge < -0.3 is 5.73 Å². The number of amides is 1. The summed E-state index contributed by atoms with van der Waals surface area (Å²) in [6.07, 6.45) is 4.35. The van der Waals surface area contributed by atoms with Crippen molar-refractivity contribution in [1.29, 1.82) is 0 Å². The number of nitrogens with zero attached hydrogens (tertiary/aromatic N) is 2. The quantitative estimate of drug-likeness (QED) is 0.836. The highest BCUT2D eigenvalue weighted by Gasteiger charge is 2.45. The van der Waals surface area contributed by atoms with Gasteiger partial charge in [-0.1, -0.05) is 43.7 Å². The molecule has 1 saturated carbocycles. The van der Waals surface area contributed by atoms with Crippen molar-refractivity contribution >= 4 is 5.91 Å². The van der Waals surface area contributed by atoms with Crippen LogP contribution in [0.3, 0.4) is 0 Å². The van der Waals surface area contributed by atoms with E-state index in [9.17, 15) is 4.79 Å². The zero-order valence-corrected chi connectivity index (χ0v) is 15.0. The minimum atomic E-state index is -0.165. The average Bonchev–Trinajstić information content (AvgIpc) is 3.12. The molecular formula is C20H31N3O. The maximum atomic E-state index is 11.9. The number of fused-ring (bicyclic) bond motifs is 1. The van der Waals surface area contributed by atoms with Gasteiger partial charge in [0, 0.05) is 25.7 Å². The molecule has 1 aliphatic heterocycles. The van der Waals surface area contributed by atoms with Crippen LogP contribution in [0.25, 0.3) is 0 Å². The van der Waals surface area contributed by atoms with E-state index >= 15 is 0 Å². The molecule has 2 N–H and O–H groups in total. The van der Waals surface area contributed by atoms with Gasteiger partial charge in [-0.15, -0.1) is 0 Å². The summed E-state index contributed by atoms with van der Waals surface area (Å²) in [4.78, 5) is 16.7. The van der Waals surface area contributed by atoms with E-state index in [4.69, 9.17) is 5.73 Å². The van der Waals surface area contributed by atoms with Gasteiger partial charge in [0.1, 0.15) is 0 Å². The van der Waals surface area contributed by atoms with Crippen molar-refractivity contribution in [2.24, 2.45) is 17.6 Å². The van der Waals surface area contributed by atoms with Crippen LogP contribution in [0.1, 0.15) is 38.2 Å². The number of primary amides is 1. The smallest absolute Gasteiger partial charge is 0.234 e. The highest BCUT2D eigenvalue weighted by Crippen LogP contribution is 2.41. The molecule has 0 spiro atoms. The zero-order chi connectivity index (χ0) is 17.1. The second kappa shape index (κ2) is 7.66. The van der Waals surface area contributed by atoms with E-state index in [0.29, 0.717) is 12.0 Å². The number of likely N-dealkylation sites (tertiary alicyclic amines) is 1. The third-order valence-electron chi connectivity index (χ3n) is 6.05. The van der Waals surface area contributed by atoms with Crippen LogP contribution < -0.4 is 5.73 Å². The Labute approximate surface area is 146 Å². The molecule has 1 aromatic carbocycles. The summed E-state index contributed by atoms with van der Waals surface area (Å²) in [6.45, 7) is 5.50. The largest absolute Gasteiger partial charge is 0.368 e. The molecular weight excluding hydrogens is 298 g/mol. The Morgan fingerprint density at radius 1 is 1.29 bits per heavy atom. The third-order valence-corrected chi connectivity index (χ3v) is 6.05. The molecule has 1 amide bonds. The van der Waals surface area contributed by atoms with E-state index in [2.05, 4.69) is 54.1 Å². The van der Waals surface area contributed by atoms with E-state index in [1.165, 1.54) is 24.9 Å². The molecule has 4 nitrogen and oxygen atoms in total. The summed E-state index contributed by atoms with van der Waals surface area (Å²) in [5.74, 6) is 1.29. The molecule has 0 radical (unpaired) electrons. The average molecular weight is 329 g/mol. The molecule has 24 heavy (non-hydrogen) atoms. The molecule has 1 saturated heterocycles. The number of benzene rings is 1. The molecule has 1 aromatic rings. The number of rotatable bonds is 7. The van der Waals surface area contributed by atoms with Crippen molar-refractivity contribution in [2.45, 2.75) is 51.2 Å². The second-order valence-electron chi connectivity index (χ2n) is 7.62. The Hall–Kier alpha value is -1.39. The number of carbonyl (C=O) groups is 1. The van der Waals surface area contributed by atoms with Gasteiger partial charge in [0.15, 0.2) is 0 Å². The van der Waals surface area contributed by atoms with Crippen molar-refractivity contribution in [1.82, 2.24) is 9.80 Å². The van der Waals surface area contributed by atoms with Gasteiger partial charge in [-0.05, 0) is 43.7 Å². The van der Waals surface area contributed by atoms with Gasteiger partial charge >= 0.3 is 0 Å². The normalized spacial score (nSPS) is 28.2. The summed E-state index contributed by atoms with van der Waals surface area (Å²) in [5.41, 5.74) is 7.06. The van der Waals surface area contributed by atoms with Crippen LogP contribution in [-0.4, -0.2) is 47.9 Å². The van der Waals surface area contributed by atoms with E-state index in [1.54, 1.807) is 0 Å². The van der Waals surface area contributed by atoms with E-state index in [-0.39, 0.29) is 11.9 Å². The minimum absolute atomic E-state index is 0.109. The molecule has 3 rings (SSSR count). The van der Waals surface area contributed by atoms with Crippen molar-refractivity contribution in [3.63, 3.8) is 0 Å². The first kappa shape index (κ1) is 17.4. The Morgan fingerprint density at radius 2 is 2.04 bits per heavy atom. The molecule has 0 unspecified atom stereocenters. The molecule has 2 fully saturated rings. The lowest BCUT2D eigenvalue weighted by Gasteiger charge is -2.34. The van der Waals surface area contributed by atoms with E-state index in [1.807, 2.05) is 0 Å².